The first-order valence-corrected chi connectivity index (χ1v) is 8.76. The van der Waals surface area contributed by atoms with Gasteiger partial charge in [0.25, 0.3) is 0 Å². The average molecular weight is 351 g/mol. The highest BCUT2D eigenvalue weighted by Gasteiger charge is 2.38. The Morgan fingerprint density at radius 2 is 2.04 bits per heavy atom. The Balaban J connectivity index is 1.56. The van der Waals surface area contributed by atoms with Gasteiger partial charge in [0.2, 0.25) is 11.8 Å². The van der Waals surface area contributed by atoms with Gasteiger partial charge in [-0.05, 0) is 44.0 Å². The molecule has 2 saturated heterocycles. The van der Waals surface area contributed by atoms with Gasteiger partial charge in [-0.1, -0.05) is 6.92 Å². The molecule has 0 aromatic heterocycles. The molecular formula is C18H23F2N3O2. The van der Waals surface area contributed by atoms with Gasteiger partial charge in [0.15, 0.2) is 11.6 Å². The van der Waals surface area contributed by atoms with E-state index in [1.54, 1.807) is 0 Å². The number of carbonyl (C=O) groups excluding carboxylic acids is 2. The highest BCUT2D eigenvalue weighted by atomic mass is 19.2. The summed E-state index contributed by atoms with van der Waals surface area (Å²) in [6, 6.07) is 3.34. The molecule has 3 rings (SSSR count). The molecule has 2 atom stereocenters. The van der Waals surface area contributed by atoms with Crippen molar-refractivity contribution >= 4 is 17.5 Å². The lowest BCUT2D eigenvalue weighted by molar-refractivity contribution is -0.132. The average Bonchev–Trinajstić information content (AvgIpc) is 3.22. The zero-order valence-electron chi connectivity index (χ0n) is 14.3. The van der Waals surface area contributed by atoms with E-state index in [9.17, 15) is 18.4 Å². The maximum Gasteiger partial charge on any atom is 0.239 e. The van der Waals surface area contributed by atoms with Crippen molar-refractivity contribution in [3.63, 3.8) is 0 Å². The Hall–Kier alpha value is -2.02. The second-order valence-corrected chi connectivity index (χ2v) is 6.72. The maximum absolute atomic E-state index is 13.4. The first-order chi connectivity index (χ1) is 12.0. The van der Waals surface area contributed by atoms with Gasteiger partial charge >= 0.3 is 0 Å². The van der Waals surface area contributed by atoms with Gasteiger partial charge in [-0.15, -0.1) is 0 Å². The molecule has 1 N–H and O–H groups in total. The van der Waals surface area contributed by atoms with Crippen molar-refractivity contribution in [2.75, 3.05) is 37.6 Å². The van der Waals surface area contributed by atoms with E-state index in [0.717, 1.165) is 38.2 Å². The number of rotatable bonds is 5. The first kappa shape index (κ1) is 17.8. The number of nitrogens with zero attached hydrogens (tertiary/aromatic N) is 2. The summed E-state index contributed by atoms with van der Waals surface area (Å²) < 4.78 is 26.4. The Labute approximate surface area is 146 Å². The summed E-state index contributed by atoms with van der Waals surface area (Å²) in [7, 11) is 0. The zero-order valence-corrected chi connectivity index (χ0v) is 14.3. The summed E-state index contributed by atoms with van der Waals surface area (Å²) >= 11 is 0. The van der Waals surface area contributed by atoms with Crippen LogP contribution in [0.3, 0.4) is 0 Å². The molecule has 0 bridgehead atoms. The van der Waals surface area contributed by atoms with Crippen molar-refractivity contribution in [2.45, 2.75) is 19.8 Å². The predicted octanol–water partition coefficient (Wildman–Crippen LogP) is 1.78. The molecule has 0 aliphatic carbocycles. The third kappa shape index (κ3) is 3.81. The second kappa shape index (κ2) is 7.47. The van der Waals surface area contributed by atoms with E-state index in [0.29, 0.717) is 25.4 Å². The fourth-order valence-electron chi connectivity index (χ4n) is 3.57. The Morgan fingerprint density at radius 1 is 1.24 bits per heavy atom. The number of anilines is 1. The predicted molar refractivity (Wildman–Crippen MR) is 90.0 cm³/mol. The van der Waals surface area contributed by atoms with Crippen LogP contribution in [0.15, 0.2) is 18.2 Å². The normalized spacial score (nSPS) is 24.1. The Morgan fingerprint density at radius 3 is 2.72 bits per heavy atom. The van der Waals surface area contributed by atoms with Crippen molar-refractivity contribution in [3.05, 3.63) is 29.8 Å². The molecule has 0 saturated carbocycles. The molecule has 2 heterocycles. The number of likely N-dealkylation sites (tertiary alicyclic amines) is 1. The summed E-state index contributed by atoms with van der Waals surface area (Å²) in [6.07, 6.45) is 1.43. The van der Waals surface area contributed by atoms with E-state index in [1.165, 1.54) is 11.0 Å². The largest absolute Gasteiger partial charge is 0.355 e. The highest BCUT2D eigenvalue weighted by molar-refractivity contribution is 6.09. The maximum atomic E-state index is 13.4. The molecule has 7 heteroatoms. The fourth-order valence-corrected chi connectivity index (χ4v) is 3.57. The summed E-state index contributed by atoms with van der Waals surface area (Å²) in [6.45, 7) is 6.04. The van der Waals surface area contributed by atoms with E-state index in [-0.39, 0.29) is 17.5 Å². The summed E-state index contributed by atoms with van der Waals surface area (Å²) in [5.41, 5.74) is 0.286. The van der Waals surface area contributed by atoms with Crippen LogP contribution in [0.5, 0.6) is 0 Å². The van der Waals surface area contributed by atoms with Crippen LogP contribution < -0.4 is 10.2 Å². The number of nitrogens with one attached hydrogen (secondary N) is 1. The van der Waals surface area contributed by atoms with E-state index in [1.807, 2.05) is 0 Å². The molecule has 2 aliphatic heterocycles. The molecule has 1 aromatic rings. The van der Waals surface area contributed by atoms with Crippen LogP contribution in [-0.4, -0.2) is 49.4 Å². The van der Waals surface area contributed by atoms with Crippen molar-refractivity contribution < 1.29 is 18.4 Å². The molecule has 136 valence electrons. The SMILES string of the molecule is CCN1CCC(CNC(=O)C2CCN(c3ccc(F)c(F)c3)C2=O)C1. The monoisotopic (exact) mass is 351 g/mol. The molecule has 0 spiro atoms. The standard InChI is InChI=1S/C18H23F2N3O2/c1-2-22-7-5-12(11-22)10-21-17(24)14-6-8-23(18(14)25)13-3-4-15(19)16(20)9-13/h3-4,9,12,14H,2,5-8,10-11H2,1H3,(H,21,24). The minimum absolute atomic E-state index is 0.273. The smallest absolute Gasteiger partial charge is 0.239 e. The Kier molecular flexibility index (Phi) is 5.32. The number of carbonyl (C=O) groups is 2. The van der Waals surface area contributed by atoms with Crippen molar-refractivity contribution in [2.24, 2.45) is 11.8 Å². The van der Waals surface area contributed by atoms with Gasteiger partial charge in [-0.2, -0.15) is 0 Å². The minimum Gasteiger partial charge on any atom is -0.355 e. The van der Waals surface area contributed by atoms with Gasteiger partial charge in [0.1, 0.15) is 5.92 Å². The van der Waals surface area contributed by atoms with Crippen molar-refractivity contribution in [1.82, 2.24) is 10.2 Å². The lowest BCUT2D eigenvalue weighted by Crippen LogP contribution is -2.39. The number of halogens is 2. The molecule has 2 aliphatic rings. The van der Waals surface area contributed by atoms with Gasteiger partial charge in [0, 0.05) is 31.4 Å². The second-order valence-electron chi connectivity index (χ2n) is 6.72. The van der Waals surface area contributed by atoms with Crippen LogP contribution in [0.25, 0.3) is 0 Å². The number of hydrogen-bond donors (Lipinski definition) is 1. The number of hydrogen-bond acceptors (Lipinski definition) is 3. The van der Waals surface area contributed by atoms with Crippen molar-refractivity contribution in [3.8, 4) is 0 Å². The summed E-state index contributed by atoms with van der Waals surface area (Å²) in [5.74, 6) is -2.92. The molecule has 2 unspecified atom stereocenters. The van der Waals surface area contributed by atoms with Gasteiger partial charge < -0.3 is 15.1 Å². The lowest BCUT2D eigenvalue weighted by atomic mass is 10.1. The van der Waals surface area contributed by atoms with Crippen LogP contribution in [0.1, 0.15) is 19.8 Å². The molecule has 2 amide bonds. The van der Waals surface area contributed by atoms with Crippen LogP contribution in [-0.2, 0) is 9.59 Å². The van der Waals surface area contributed by atoms with E-state index >= 15 is 0 Å². The molecule has 1 aromatic carbocycles. The van der Waals surface area contributed by atoms with Crippen LogP contribution in [0, 0.1) is 23.5 Å². The number of benzene rings is 1. The third-order valence-corrected chi connectivity index (χ3v) is 5.12. The van der Waals surface area contributed by atoms with Gasteiger partial charge in [0.05, 0.1) is 0 Å². The van der Waals surface area contributed by atoms with E-state index in [2.05, 4.69) is 17.1 Å². The van der Waals surface area contributed by atoms with Crippen LogP contribution in [0.4, 0.5) is 14.5 Å². The van der Waals surface area contributed by atoms with Gasteiger partial charge in [-0.3, -0.25) is 9.59 Å². The summed E-state index contributed by atoms with van der Waals surface area (Å²) in [4.78, 5) is 28.5. The fraction of sp³-hybridized carbons (Fsp3) is 0.556. The topological polar surface area (TPSA) is 52.7 Å². The van der Waals surface area contributed by atoms with E-state index < -0.39 is 17.6 Å². The molecule has 5 nitrogen and oxygen atoms in total. The van der Waals surface area contributed by atoms with E-state index in [4.69, 9.17) is 0 Å². The van der Waals surface area contributed by atoms with Crippen molar-refractivity contribution in [1.29, 1.82) is 0 Å². The molecule has 25 heavy (non-hydrogen) atoms. The highest BCUT2D eigenvalue weighted by Crippen LogP contribution is 2.27. The third-order valence-electron chi connectivity index (χ3n) is 5.12. The zero-order chi connectivity index (χ0) is 18.0. The van der Waals surface area contributed by atoms with Crippen LogP contribution >= 0.6 is 0 Å². The van der Waals surface area contributed by atoms with Crippen LogP contribution in [0.2, 0.25) is 0 Å². The summed E-state index contributed by atoms with van der Waals surface area (Å²) in [5, 5.41) is 2.89. The first-order valence-electron chi connectivity index (χ1n) is 8.76. The quantitative estimate of drug-likeness (QED) is 0.823. The molecule has 2 fully saturated rings. The number of amides is 2. The molecule has 0 radical (unpaired) electrons. The molecular weight excluding hydrogens is 328 g/mol. The Bertz CT molecular complexity index is 668. The lowest BCUT2D eigenvalue weighted by Gasteiger charge is -2.18. The minimum atomic E-state index is -1.00. The van der Waals surface area contributed by atoms with Gasteiger partial charge in [-0.25, -0.2) is 8.78 Å².